The Morgan fingerprint density at radius 3 is 2.69 bits per heavy atom. The van der Waals surface area contributed by atoms with E-state index in [1.54, 1.807) is 12.1 Å². The molecule has 0 aliphatic carbocycles. The van der Waals surface area contributed by atoms with Crippen LogP contribution in [0.1, 0.15) is 31.0 Å². The monoisotopic (exact) mass is 252 g/mol. The minimum Gasteiger partial charge on any atom is -0.323 e. The molecule has 1 unspecified atom stereocenters. The standard InChI is InChI=1S/C10H12ClF3N2/c11-7-3-2-6-16-9(7)8(15)4-1-5-10(12,13)14/h2-3,6,8H,1,4-5,15H2. The first-order valence-corrected chi connectivity index (χ1v) is 5.20. The number of pyridine rings is 1. The number of hydrogen-bond acceptors (Lipinski definition) is 2. The van der Waals surface area contributed by atoms with Crippen molar-refractivity contribution in [2.24, 2.45) is 5.73 Å². The molecule has 16 heavy (non-hydrogen) atoms. The highest BCUT2D eigenvalue weighted by molar-refractivity contribution is 6.31. The van der Waals surface area contributed by atoms with Gasteiger partial charge in [-0.3, -0.25) is 4.98 Å². The third-order valence-electron chi connectivity index (χ3n) is 2.11. The van der Waals surface area contributed by atoms with Crippen LogP contribution < -0.4 is 5.73 Å². The molecule has 1 rings (SSSR count). The quantitative estimate of drug-likeness (QED) is 0.891. The molecule has 0 saturated heterocycles. The van der Waals surface area contributed by atoms with Crippen LogP contribution in [0.25, 0.3) is 0 Å². The lowest BCUT2D eigenvalue weighted by Gasteiger charge is -2.13. The van der Waals surface area contributed by atoms with Crippen LogP contribution in [0.15, 0.2) is 18.3 Å². The minimum absolute atomic E-state index is 0.0163. The Labute approximate surface area is 96.6 Å². The molecular formula is C10H12ClF3N2. The molecule has 2 N–H and O–H groups in total. The molecule has 1 atom stereocenters. The second-order valence-corrected chi connectivity index (χ2v) is 3.89. The average Bonchev–Trinajstić information content (AvgIpc) is 2.16. The van der Waals surface area contributed by atoms with Crippen molar-refractivity contribution in [2.75, 3.05) is 0 Å². The van der Waals surface area contributed by atoms with Gasteiger partial charge in [0.15, 0.2) is 0 Å². The number of rotatable bonds is 4. The van der Waals surface area contributed by atoms with Crippen molar-refractivity contribution in [1.29, 1.82) is 0 Å². The Morgan fingerprint density at radius 1 is 1.44 bits per heavy atom. The van der Waals surface area contributed by atoms with E-state index in [1.165, 1.54) is 6.20 Å². The van der Waals surface area contributed by atoms with E-state index in [4.69, 9.17) is 17.3 Å². The van der Waals surface area contributed by atoms with Crippen LogP contribution in [0.2, 0.25) is 5.02 Å². The topological polar surface area (TPSA) is 38.9 Å². The normalized spacial score (nSPS) is 13.8. The molecule has 1 aromatic rings. The van der Waals surface area contributed by atoms with Gasteiger partial charge in [-0.2, -0.15) is 13.2 Å². The Kier molecular flexibility index (Phi) is 4.56. The van der Waals surface area contributed by atoms with E-state index in [0.29, 0.717) is 10.7 Å². The molecule has 0 aromatic carbocycles. The summed E-state index contributed by atoms with van der Waals surface area (Å²) in [6.07, 6.45) is -3.24. The lowest BCUT2D eigenvalue weighted by molar-refractivity contribution is -0.135. The van der Waals surface area contributed by atoms with Crippen LogP contribution in [-0.2, 0) is 0 Å². The van der Waals surface area contributed by atoms with E-state index in [9.17, 15) is 13.2 Å². The predicted octanol–water partition coefficient (Wildman–Crippen LogP) is 3.47. The molecular weight excluding hydrogens is 241 g/mol. The van der Waals surface area contributed by atoms with Gasteiger partial charge in [0.1, 0.15) is 0 Å². The molecule has 0 saturated carbocycles. The second-order valence-electron chi connectivity index (χ2n) is 3.48. The Morgan fingerprint density at radius 2 is 2.12 bits per heavy atom. The molecule has 0 aliphatic rings. The van der Waals surface area contributed by atoms with Gasteiger partial charge in [0.05, 0.1) is 10.7 Å². The molecule has 0 fully saturated rings. The molecule has 1 heterocycles. The molecule has 0 amide bonds. The molecule has 90 valence electrons. The number of hydrogen-bond donors (Lipinski definition) is 1. The van der Waals surface area contributed by atoms with Crippen molar-refractivity contribution < 1.29 is 13.2 Å². The van der Waals surface area contributed by atoms with Crippen molar-refractivity contribution in [3.05, 3.63) is 29.0 Å². The van der Waals surface area contributed by atoms with Gasteiger partial charge >= 0.3 is 6.18 Å². The first kappa shape index (κ1) is 13.3. The fourth-order valence-corrected chi connectivity index (χ4v) is 1.59. The van der Waals surface area contributed by atoms with E-state index in [2.05, 4.69) is 4.98 Å². The van der Waals surface area contributed by atoms with Crippen LogP contribution in [0.5, 0.6) is 0 Å². The fourth-order valence-electron chi connectivity index (χ4n) is 1.33. The third kappa shape index (κ3) is 4.37. The van der Waals surface area contributed by atoms with Crippen molar-refractivity contribution in [1.82, 2.24) is 4.98 Å². The van der Waals surface area contributed by atoms with Crippen molar-refractivity contribution in [3.8, 4) is 0 Å². The lowest BCUT2D eigenvalue weighted by Crippen LogP contribution is -2.14. The Balaban J connectivity index is 2.47. The van der Waals surface area contributed by atoms with Crippen LogP contribution >= 0.6 is 11.6 Å². The van der Waals surface area contributed by atoms with Crippen LogP contribution in [-0.4, -0.2) is 11.2 Å². The number of alkyl halides is 3. The first-order chi connectivity index (χ1) is 7.40. The van der Waals surface area contributed by atoms with E-state index in [0.717, 1.165) is 0 Å². The Bertz CT molecular complexity index is 341. The van der Waals surface area contributed by atoms with Crippen molar-refractivity contribution in [2.45, 2.75) is 31.5 Å². The van der Waals surface area contributed by atoms with Gasteiger partial charge < -0.3 is 5.73 Å². The highest BCUT2D eigenvalue weighted by Gasteiger charge is 2.26. The van der Waals surface area contributed by atoms with Crippen molar-refractivity contribution in [3.63, 3.8) is 0 Å². The van der Waals surface area contributed by atoms with Gasteiger partial charge in [-0.15, -0.1) is 0 Å². The molecule has 6 heteroatoms. The number of halogens is 4. The maximum atomic E-state index is 11.9. The van der Waals surface area contributed by atoms with Crippen LogP contribution in [0, 0.1) is 0 Å². The molecule has 1 aromatic heterocycles. The van der Waals surface area contributed by atoms with Crippen molar-refractivity contribution >= 4 is 11.6 Å². The lowest BCUT2D eigenvalue weighted by atomic mass is 10.1. The van der Waals surface area contributed by atoms with Gasteiger partial charge in [-0.1, -0.05) is 11.6 Å². The summed E-state index contributed by atoms with van der Waals surface area (Å²) in [5.74, 6) is 0. The summed E-state index contributed by atoms with van der Waals surface area (Å²) in [7, 11) is 0. The Hall–Kier alpha value is -0.810. The second kappa shape index (κ2) is 5.50. The fraction of sp³-hybridized carbons (Fsp3) is 0.500. The summed E-state index contributed by atoms with van der Waals surface area (Å²) in [4.78, 5) is 3.96. The van der Waals surface area contributed by atoms with E-state index in [-0.39, 0.29) is 12.8 Å². The van der Waals surface area contributed by atoms with E-state index >= 15 is 0 Å². The molecule has 2 nitrogen and oxygen atoms in total. The summed E-state index contributed by atoms with van der Waals surface area (Å²) in [6, 6.07) is 2.72. The zero-order valence-corrected chi connectivity index (χ0v) is 9.22. The van der Waals surface area contributed by atoms with Gasteiger partial charge in [0.2, 0.25) is 0 Å². The van der Waals surface area contributed by atoms with Gasteiger partial charge in [0, 0.05) is 18.7 Å². The number of nitrogens with zero attached hydrogens (tertiary/aromatic N) is 1. The first-order valence-electron chi connectivity index (χ1n) is 4.83. The van der Waals surface area contributed by atoms with E-state index in [1.807, 2.05) is 0 Å². The van der Waals surface area contributed by atoms with Crippen LogP contribution in [0.4, 0.5) is 13.2 Å². The molecule has 0 bridgehead atoms. The third-order valence-corrected chi connectivity index (χ3v) is 2.43. The minimum atomic E-state index is -4.13. The average molecular weight is 253 g/mol. The van der Waals surface area contributed by atoms with Gasteiger partial charge in [-0.05, 0) is 25.0 Å². The predicted molar refractivity (Wildman–Crippen MR) is 56.1 cm³/mol. The zero-order valence-electron chi connectivity index (χ0n) is 8.47. The smallest absolute Gasteiger partial charge is 0.323 e. The van der Waals surface area contributed by atoms with Gasteiger partial charge in [0.25, 0.3) is 0 Å². The summed E-state index contributed by atoms with van der Waals surface area (Å²) >= 11 is 5.82. The highest BCUT2D eigenvalue weighted by Crippen LogP contribution is 2.26. The molecule has 0 spiro atoms. The van der Waals surface area contributed by atoms with E-state index < -0.39 is 18.6 Å². The summed E-state index contributed by atoms with van der Waals surface area (Å²) in [5, 5.41) is 0.391. The number of aromatic nitrogens is 1. The molecule has 0 aliphatic heterocycles. The summed E-state index contributed by atoms with van der Waals surface area (Å²) < 4.78 is 35.7. The molecule has 0 radical (unpaired) electrons. The van der Waals surface area contributed by atoms with Crippen LogP contribution in [0.3, 0.4) is 0 Å². The SMILES string of the molecule is NC(CCCC(F)(F)F)c1ncccc1Cl. The maximum Gasteiger partial charge on any atom is 0.389 e. The maximum absolute atomic E-state index is 11.9. The summed E-state index contributed by atoms with van der Waals surface area (Å²) in [5.41, 5.74) is 6.16. The zero-order chi connectivity index (χ0) is 12.2. The summed E-state index contributed by atoms with van der Waals surface area (Å²) in [6.45, 7) is 0. The largest absolute Gasteiger partial charge is 0.389 e. The van der Waals surface area contributed by atoms with Gasteiger partial charge in [-0.25, -0.2) is 0 Å². The number of nitrogens with two attached hydrogens (primary N) is 1. The highest BCUT2D eigenvalue weighted by atomic mass is 35.5.